The molecule has 0 aromatic rings. The van der Waals surface area contributed by atoms with Gasteiger partial charge in [-0.2, -0.15) is 0 Å². The van der Waals surface area contributed by atoms with Gasteiger partial charge in [0, 0.05) is 26.1 Å². The average Bonchev–Trinajstić information content (AvgIpc) is 2.52. The van der Waals surface area contributed by atoms with Crippen LogP contribution in [0.5, 0.6) is 0 Å². The summed E-state index contributed by atoms with van der Waals surface area (Å²) in [5, 5.41) is 3.56. The molecule has 1 amide bonds. The number of nitrogens with one attached hydrogen (secondary N) is 1. The van der Waals surface area contributed by atoms with E-state index in [-0.39, 0.29) is 0 Å². The summed E-state index contributed by atoms with van der Waals surface area (Å²) in [4.78, 5) is 14.1. The fourth-order valence-corrected chi connectivity index (χ4v) is 3.64. The molecule has 3 nitrogen and oxygen atoms in total. The zero-order chi connectivity index (χ0) is 14.2. The minimum absolute atomic E-state index is 0.353. The van der Waals surface area contributed by atoms with Gasteiger partial charge in [-0.15, -0.1) is 0 Å². The van der Waals surface area contributed by atoms with E-state index in [1.807, 2.05) is 11.9 Å². The summed E-state index contributed by atoms with van der Waals surface area (Å²) < 4.78 is 0. The van der Waals surface area contributed by atoms with Crippen molar-refractivity contribution in [3.63, 3.8) is 0 Å². The van der Waals surface area contributed by atoms with E-state index in [2.05, 4.69) is 5.32 Å². The van der Waals surface area contributed by atoms with Crippen LogP contribution in [0.4, 0.5) is 0 Å². The Morgan fingerprint density at radius 3 is 2.50 bits per heavy atom. The van der Waals surface area contributed by atoms with Gasteiger partial charge in [0.25, 0.3) is 0 Å². The normalized spacial score (nSPS) is 24.6. The number of amides is 1. The lowest BCUT2D eigenvalue weighted by Crippen LogP contribution is -2.38. The van der Waals surface area contributed by atoms with Gasteiger partial charge in [-0.25, -0.2) is 0 Å². The van der Waals surface area contributed by atoms with E-state index < -0.39 is 0 Å². The zero-order valence-corrected chi connectivity index (χ0v) is 13.2. The molecule has 2 rings (SSSR count). The van der Waals surface area contributed by atoms with E-state index in [0.717, 1.165) is 38.3 Å². The first-order valence-corrected chi connectivity index (χ1v) is 8.73. The third kappa shape index (κ3) is 5.43. The van der Waals surface area contributed by atoms with Gasteiger partial charge >= 0.3 is 0 Å². The van der Waals surface area contributed by atoms with Crippen LogP contribution < -0.4 is 5.32 Å². The Kier molecular flexibility index (Phi) is 6.85. The first-order valence-electron chi connectivity index (χ1n) is 8.73. The van der Waals surface area contributed by atoms with Crippen LogP contribution in [-0.4, -0.2) is 37.0 Å². The second-order valence-electron chi connectivity index (χ2n) is 6.79. The summed E-state index contributed by atoms with van der Waals surface area (Å²) in [7, 11) is 1.98. The number of hydrogen-bond donors (Lipinski definition) is 1. The molecule has 1 N–H and O–H groups in total. The van der Waals surface area contributed by atoms with Crippen molar-refractivity contribution in [3.8, 4) is 0 Å². The summed E-state index contributed by atoms with van der Waals surface area (Å²) in [6.07, 6.45) is 13.8. The van der Waals surface area contributed by atoms with E-state index in [1.165, 1.54) is 51.4 Å². The highest BCUT2D eigenvalue weighted by molar-refractivity contribution is 5.75. The highest BCUT2D eigenvalue weighted by Gasteiger charge is 2.18. The molecule has 1 aliphatic heterocycles. The second-order valence-corrected chi connectivity index (χ2v) is 6.79. The third-order valence-electron chi connectivity index (χ3n) is 5.14. The van der Waals surface area contributed by atoms with E-state index in [1.54, 1.807) is 0 Å². The van der Waals surface area contributed by atoms with Gasteiger partial charge in [0.1, 0.15) is 0 Å². The summed E-state index contributed by atoms with van der Waals surface area (Å²) >= 11 is 0. The second kappa shape index (κ2) is 8.66. The van der Waals surface area contributed by atoms with Gasteiger partial charge in [0.05, 0.1) is 0 Å². The molecule has 1 unspecified atom stereocenters. The molecule has 0 spiro atoms. The van der Waals surface area contributed by atoms with Gasteiger partial charge in [-0.05, 0) is 38.1 Å². The standard InChI is InChI=1S/C17H32N2O/c1-19(14-12-16-9-5-6-13-18-16)17(20)11-10-15-7-3-2-4-8-15/h15-16,18H,2-14H2,1H3. The number of carbonyl (C=O) groups excluding carboxylic acids is 1. The van der Waals surface area contributed by atoms with Gasteiger partial charge in [0.2, 0.25) is 5.91 Å². The lowest BCUT2D eigenvalue weighted by molar-refractivity contribution is -0.130. The Bertz CT molecular complexity index is 281. The molecule has 1 saturated heterocycles. The quantitative estimate of drug-likeness (QED) is 0.809. The molecule has 0 aromatic carbocycles. The molecular formula is C17H32N2O. The lowest BCUT2D eigenvalue weighted by atomic mass is 9.86. The summed E-state index contributed by atoms with van der Waals surface area (Å²) in [5.74, 6) is 1.17. The molecule has 20 heavy (non-hydrogen) atoms. The molecule has 0 aromatic heterocycles. The van der Waals surface area contributed by atoms with Crippen LogP contribution in [0.2, 0.25) is 0 Å². The SMILES string of the molecule is CN(CCC1CCCCN1)C(=O)CCC1CCCCC1. The monoisotopic (exact) mass is 280 g/mol. The van der Waals surface area contributed by atoms with Gasteiger partial charge in [0.15, 0.2) is 0 Å². The van der Waals surface area contributed by atoms with Gasteiger partial charge in [-0.3, -0.25) is 4.79 Å². The Labute approximate surface area is 124 Å². The summed E-state index contributed by atoms with van der Waals surface area (Å²) in [6, 6.07) is 0.636. The Balaban J connectivity index is 1.58. The van der Waals surface area contributed by atoms with E-state index >= 15 is 0 Å². The zero-order valence-electron chi connectivity index (χ0n) is 13.2. The number of piperidine rings is 1. The maximum absolute atomic E-state index is 12.2. The van der Waals surface area contributed by atoms with E-state index in [4.69, 9.17) is 0 Å². The number of nitrogens with zero attached hydrogens (tertiary/aromatic N) is 1. The maximum Gasteiger partial charge on any atom is 0.222 e. The molecule has 1 atom stereocenters. The highest BCUT2D eigenvalue weighted by Crippen LogP contribution is 2.27. The Morgan fingerprint density at radius 2 is 1.80 bits per heavy atom. The van der Waals surface area contributed by atoms with Crippen molar-refractivity contribution >= 4 is 5.91 Å². The van der Waals surface area contributed by atoms with Crippen LogP contribution in [0.1, 0.15) is 70.6 Å². The Morgan fingerprint density at radius 1 is 1.05 bits per heavy atom. The van der Waals surface area contributed by atoms with E-state index in [9.17, 15) is 4.79 Å². The maximum atomic E-state index is 12.2. The highest BCUT2D eigenvalue weighted by atomic mass is 16.2. The van der Waals surface area contributed by atoms with Crippen molar-refractivity contribution in [2.24, 2.45) is 5.92 Å². The van der Waals surface area contributed by atoms with Crippen molar-refractivity contribution in [1.82, 2.24) is 10.2 Å². The molecule has 0 radical (unpaired) electrons. The molecule has 2 aliphatic rings. The molecular weight excluding hydrogens is 248 g/mol. The van der Waals surface area contributed by atoms with Gasteiger partial charge < -0.3 is 10.2 Å². The number of hydrogen-bond acceptors (Lipinski definition) is 2. The Hall–Kier alpha value is -0.570. The molecule has 1 aliphatic carbocycles. The van der Waals surface area contributed by atoms with Crippen molar-refractivity contribution in [2.75, 3.05) is 20.1 Å². The van der Waals surface area contributed by atoms with Crippen molar-refractivity contribution in [2.45, 2.75) is 76.7 Å². The van der Waals surface area contributed by atoms with Crippen LogP contribution in [0.25, 0.3) is 0 Å². The first kappa shape index (κ1) is 15.8. The first-order chi connectivity index (χ1) is 9.75. The molecule has 1 saturated carbocycles. The van der Waals surface area contributed by atoms with Crippen LogP contribution in [0, 0.1) is 5.92 Å². The van der Waals surface area contributed by atoms with Crippen molar-refractivity contribution in [3.05, 3.63) is 0 Å². The topological polar surface area (TPSA) is 32.3 Å². The largest absolute Gasteiger partial charge is 0.346 e. The summed E-state index contributed by atoms with van der Waals surface area (Å²) in [6.45, 7) is 2.07. The van der Waals surface area contributed by atoms with Gasteiger partial charge in [-0.1, -0.05) is 38.5 Å². The smallest absolute Gasteiger partial charge is 0.222 e. The summed E-state index contributed by atoms with van der Waals surface area (Å²) in [5.41, 5.74) is 0. The predicted molar refractivity (Wildman–Crippen MR) is 83.7 cm³/mol. The van der Waals surface area contributed by atoms with Crippen LogP contribution >= 0.6 is 0 Å². The lowest BCUT2D eigenvalue weighted by Gasteiger charge is -2.26. The molecule has 3 heteroatoms. The third-order valence-corrected chi connectivity index (χ3v) is 5.14. The molecule has 2 fully saturated rings. The predicted octanol–water partition coefficient (Wildman–Crippen LogP) is 3.34. The number of carbonyl (C=O) groups is 1. The minimum atomic E-state index is 0.353. The number of rotatable bonds is 6. The molecule has 1 heterocycles. The fourth-order valence-electron chi connectivity index (χ4n) is 3.64. The van der Waals surface area contributed by atoms with Crippen molar-refractivity contribution in [1.29, 1.82) is 0 Å². The van der Waals surface area contributed by atoms with E-state index in [0.29, 0.717) is 11.9 Å². The fraction of sp³-hybridized carbons (Fsp3) is 0.941. The van der Waals surface area contributed by atoms with Crippen LogP contribution in [0.3, 0.4) is 0 Å². The van der Waals surface area contributed by atoms with Crippen LogP contribution in [-0.2, 0) is 4.79 Å². The molecule has 116 valence electrons. The molecule has 0 bridgehead atoms. The average molecular weight is 280 g/mol. The van der Waals surface area contributed by atoms with Crippen molar-refractivity contribution < 1.29 is 4.79 Å². The van der Waals surface area contributed by atoms with Crippen LogP contribution in [0.15, 0.2) is 0 Å². The minimum Gasteiger partial charge on any atom is -0.346 e.